The van der Waals surface area contributed by atoms with Crippen molar-refractivity contribution in [2.75, 3.05) is 20.8 Å². The second-order valence-corrected chi connectivity index (χ2v) is 7.13. The lowest BCUT2D eigenvalue weighted by Gasteiger charge is -2.11. The van der Waals surface area contributed by atoms with Crippen LogP contribution in [0.5, 0.6) is 17.2 Å². The van der Waals surface area contributed by atoms with E-state index in [9.17, 15) is 0 Å². The molecule has 158 valence electrons. The van der Waals surface area contributed by atoms with E-state index in [4.69, 9.17) is 35.2 Å². The number of hydrogen-bond donors (Lipinski definition) is 0. The van der Waals surface area contributed by atoms with Gasteiger partial charge in [0.2, 0.25) is 0 Å². The lowest BCUT2D eigenvalue weighted by molar-refractivity contribution is 0.340. The van der Waals surface area contributed by atoms with Crippen molar-refractivity contribution in [3.63, 3.8) is 0 Å². The van der Waals surface area contributed by atoms with Gasteiger partial charge in [0.15, 0.2) is 11.5 Å². The number of rotatable bonds is 6. The summed E-state index contributed by atoms with van der Waals surface area (Å²) in [4.78, 5) is 4.83. The second-order valence-electron chi connectivity index (χ2n) is 6.72. The van der Waals surface area contributed by atoms with Crippen molar-refractivity contribution in [3.05, 3.63) is 77.1 Å². The van der Waals surface area contributed by atoms with Crippen LogP contribution in [-0.4, -0.2) is 20.8 Å². The fourth-order valence-corrected chi connectivity index (χ4v) is 3.48. The largest absolute Gasteiger partial charge is 0.494 e. The Hall–Kier alpha value is -3.44. The van der Waals surface area contributed by atoms with Crippen LogP contribution < -0.4 is 19.6 Å². The number of hydrogen-bond acceptors (Lipinski definition) is 5. The average Bonchev–Trinajstić information content (AvgIpc) is 2.80. The summed E-state index contributed by atoms with van der Waals surface area (Å²) in [5.74, 6) is 2.66. The molecule has 6 heteroatoms. The van der Waals surface area contributed by atoms with E-state index >= 15 is 0 Å². The van der Waals surface area contributed by atoms with Crippen LogP contribution in [0.1, 0.15) is 6.92 Å². The summed E-state index contributed by atoms with van der Waals surface area (Å²) in [5, 5.41) is 2.13. The van der Waals surface area contributed by atoms with Gasteiger partial charge in [-0.15, -0.1) is 0 Å². The van der Waals surface area contributed by atoms with E-state index in [-0.39, 0.29) is 0 Å². The Kier molecular flexibility index (Phi) is 6.14. The number of ether oxygens (including phenoxy) is 3. The van der Waals surface area contributed by atoms with Crippen molar-refractivity contribution < 1.29 is 18.6 Å². The highest BCUT2D eigenvalue weighted by atomic mass is 35.5. The number of fused-ring (bicyclic) bond motifs is 1. The number of halogens is 1. The van der Waals surface area contributed by atoms with Crippen LogP contribution in [-0.2, 0) is 0 Å². The van der Waals surface area contributed by atoms with E-state index in [0.29, 0.717) is 40.2 Å². The van der Waals surface area contributed by atoms with Crippen molar-refractivity contribution in [2.24, 2.45) is 4.99 Å². The van der Waals surface area contributed by atoms with Gasteiger partial charge in [-0.3, -0.25) is 0 Å². The van der Waals surface area contributed by atoms with Gasteiger partial charge in [0, 0.05) is 17.0 Å². The molecule has 3 aromatic carbocycles. The molecule has 0 saturated heterocycles. The van der Waals surface area contributed by atoms with Gasteiger partial charge in [0.05, 0.1) is 36.9 Å². The second kappa shape index (κ2) is 9.14. The summed E-state index contributed by atoms with van der Waals surface area (Å²) in [6.45, 7) is 2.52. The third-order valence-corrected chi connectivity index (χ3v) is 5.11. The van der Waals surface area contributed by atoms with Crippen molar-refractivity contribution in [2.45, 2.75) is 6.92 Å². The first kappa shape index (κ1) is 20.8. The van der Waals surface area contributed by atoms with Crippen molar-refractivity contribution >= 4 is 28.3 Å². The number of nitrogens with zero attached hydrogens (tertiary/aromatic N) is 1. The Balaban J connectivity index is 1.97. The molecule has 1 aromatic heterocycles. The zero-order chi connectivity index (χ0) is 21.8. The monoisotopic (exact) mass is 435 g/mol. The molecule has 4 rings (SSSR count). The molecule has 0 radical (unpaired) electrons. The lowest BCUT2D eigenvalue weighted by Crippen LogP contribution is -2.04. The molecule has 31 heavy (non-hydrogen) atoms. The minimum absolute atomic E-state index is 0.573. The molecule has 0 atom stereocenters. The summed E-state index contributed by atoms with van der Waals surface area (Å²) in [6, 6.07) is 20.7. The Bertz CT molecular complexity index is 1300. The topological polar surface area (TPSA) is 53.2 Å². The molecule has 0 aliphatic rings. The summed E-state index contributed by atoms with van der Waals surface area (Å²) < 4.78 is 22.7. The van der Waals surface area contributed by atoms with Gasteiger partial charge in [-0.05, 0) is 55.5 Å². The first-order valence-electron chi connectivity index (χ1n) is 9.85. The molecule has 1 heterocycles. The van der Waals surface area contributed by atoms with E-state index < -0.39 is 0 Å². The minimum atomic E-state index is 0.573. The average molecular weight is 436 g/mol. The van der Waals surface area contributed by atoms with E-state index in [1.807, 2.05) is 73.7 Å². The maximum absolute atomic E-state index is 6.36. The normalized spacial score (nSPS) is 11.5. The highest BCUT2D eigenvalue weighted by Gasteiger charge is 2.11. The SMILES string of the molecule is CCOc1ccc2oc(-c3ccc(OC)c(OC)c3)cc(=Nc3ccccc3Cl)c2c1. The lowest BCUT2D eigenvalue weighted by atomic mass is 10.1. The van der Waals surface area contributed by atoms with E-state index in [1.54, 1.807) is 14.2 Å². The molecule has 0 aliphatic carbocycles. The van der Waals surface area contributed by atoms with E-state index in [2.05, 4.69) is 0 Å². The number of methoxy groups -OCH3 is 2. The van der Waals surface area contributed by atoms with E-state index in [0.717, 1.165) is 22.1 Å². The van der Waals surface area contributed by atoms with Crippen LogP contribution in [0, 0.1) is 0 Å². The summed E-state index contributed by atoms with van der Waals surface area (Å²) in [7, 11) is 3.21. The summed E-state index contributed by atoms with van der Waals surface area (Å²) >= 11 is 6.36. The van der Waals surface area contributed by atoms with Gasteiger partial charge < -0.3 is 18.6 Å². The molecule has 0 saturated carbocycles. The molecule has 0 aliphatic heterocycles. The van der Waals surface area contributed by atoms with Crippen molar-refractivity contribution in [1.82, 2.24) is 0 Å². The van der Waals surface area contributed by atoms with Crippen molar-refractivity contribution in [3.8, 4) is 28.6 Å². The van der Waals surface area contributed by atoms with Gasteiger partial charge >= 0.3 is 0 Å². The van der Waals surface area contributed by atoms with Crippen LogP contribution in [0.15, 0.2) is 76.1 Å². The standard InChI is InChI=1S/C25H22ClNO4/c1-4-30-17-10-12-22-18(14-17)21(27-20-8-6-5-7-19(20)26)15-24(31-22)16-9-11-23(28-2)25(13-16)29-3/h5-15H,4H2,1-3H3. The van der Waals surface area contributed by atoms with E-state index in [1.165, 1.54) is 0 Å². The highest BCUT2D eigenvalue weighted by molar-refractivity contribution is 6.32. The fraction of sp³-hybridized carbons (Fsp3) is 0.160. The Morgan fingerprint density at radius 1 is 0.903 bits per heavy atom. The Labute approximate surface area is 185 Å². The molecular weight excluding hydrogens is 414 g/mol. The van der Waals surface area contributed by atoms with Crippen LogP contribution in [0.4, 0.5) is 5.69 Å². The first-order chi connectivity index (χ1) is 15.1. The van der Waals surface area contributed by atoms with Gasteiger partial charge in [0.1, 0.15) is 17.1 Å². The smallest absolute Gasteiger partial charge is 0.161 e. The summed E-state index contributed by atoms with van der Waals surface area (Å²) in [5.41, 5.74) is 2.20. The van der Waals surface area contributed by atoms with Crippen molar-refractivity contribution in [1.29, 1.82) is 0 Å². The molecular formula is C25H22ClNO4. The third kappa shape index (κ3) is 4.37. The maximum Gasteiger partial charge on any atom is 0.161 e. The zero-order valence-electron chi connectivity index (χ0n) is 17.5. The Morgan fingerprint density at radius 2 is 1.71 bits per heavy atom. The van der Waals surface area contributed by atoms with Gasteiger partial charge in [0.25, 0.3) is 0 Å². The predicted molar refractivity (Wildman–Crippen MR) is 123 cm³/mol. The third-order valence-electron chi connectivity index (χ3n) is 4.79. The van der Waals surface area contributed by atoms with Crippen LogP contribution >= 0.6 is 11.6 Å². The molecule has 0 N–H and O–H groups in total. The quantitative estimate of drug-likeness (QED) is 0.351. The number of para-hydroxylation sites is 1. The molecule has 4 aromatic rings. The van der Waals surface area contributed by atoms with Crippen LogP contribution in [0.2, 0.25) is 5.02 Å². The van der Waals surface area contributed by atoms with Gasteiger partial charge in [-0.25, -0.2) is 4.99 Å². The predicted octanol–water partition coefficient (Wildman–Crippen LogP) is 6.40. The highest BCUT2D eigenvalue weighted by Crippen LogP contribution is 2.33. The molecule has 0 unspecified atom stereocenters. The molecule has 0 bridgehead atoms. The van der Waals surface area contributed by atoms with Crippen LogP contribution in [0.25, 0.3) is 22.3 Å². The summed E-state index contributed by atoms with van der Waals surface area (Å²) in [6.07, 6.45) is 0. The fourth-order valence-electron chi connectivity index (χ4n) is 3.30. The van der Waals surface area contributed by atoms with Gasteiger partial charge in [-0.1, -0.05) is 23.7 Å². The minimum Gasteiger partial charge on any atom is -0.494 e. The molecule has 0 amide bonds. The molecule has 0 spiro atoms. The molecule has 0 fully saturated rings. The van der Waals surface area contributed by atoms with Crippen LogP contribution in [0.3, 0.4) is 0 Å². The maximum atomic E-state index is 6.36. The first-order valence-corrected chi connectivity index (χ1v) is 10.2. The van der Waals surface area contributed by atoms with Gasteiger partial charge in [-0.2, -0.15) is 0 Å². The zero-order valence-corrected chi connectivity index (χ0v) is 18.3. The number of benzene rings is 3. The Morgan fingerprint density at radius 3 is 2.45 bits per heavy atom. The molecule has 5 nitrogen and oxygen atoms in total.